The van der Waals surface area contributed by atoms with Gasteiger partial charge in [0.05, 0.1) is 20.0 Å². The first-order valence-corrected chi connectivity index (χ1v) is 12.5. The number of carbonyl (C=O) groups is 1. The van der Waals surface area contributed by atoms with Crippen LogP contribution in [0.25, 0.3) is 10.3 Å². The maximum atomic E-state index is 12.6. The minimum Gasteiger partial charge on any atom is -0.493 e. The van der Waals surface area contributed by atoms with Gasteiger partial charge in [0.15, 0.2) is 22.3 Å². The van der Waals surface area contributed by atoms with Gasteiger partial charge in [0.1, 0.15) is 16.1 Å². The lowest BCUT2D eigenvalue weighted by atomic mass is 10.0. The maximum Gasteiger partial charge on any atom is 0.234 e. The van der Waals surface area contributed by atoms with Gasteiger partial charge < -0.3 is 19.7 Å². The van der Waals surface area contributed by atoms with Gasteiger partial charge in [0.25, 0.3) is 0 Å². The van der Waals surface area contributed by atoms with Crippen molar-refractivity contribution < 1.29 is 14.3 Å². The second kappa shape index (κ2) is 9.86. The van der Waals surface area contributed by atoms with E-state index in [1.165, 1.54) is 29.2 Å². The van der Waals surface area contributed by atoms with Gasteiger partial charge in [-0.25, -0.2) is 9.97 Å². The Kier molecular flexibility index (Phi) is 6.50. The van der Waals surface area contributed by atoms with Crippen LogP contribution in [0, 0.1) is 0 Å². The van der Waals surface area contributed by atoms with Crippen LogP contribution < -0.4 is 19.7 Å². The number of nitrogens with one attached hydrogen (secondary N) is 1. The molecule has 0 spiro atoms. The van der Waals surface area contributed by atoms with E-state index in [2.05, 4.69) is 44.5 Å². The number of anilines is 2. The number of methoxy groups -OCH3 is 2. The molecule has 2 aromatic carbocycles. The van der Waals surface area contributed by atoms with E-state index in [0.29, 0.717) is 22.8 Å². The Morgan fingerprint density at radius 3 is 2.76 bits per heavy atom. The molecule has 34 heavy (non-hydrogen) atoms. The summed E-state index contributed by atoms with van der Waals surface area (Å²) in [5, 5.41) is 4.58. The highest BCUT2D eigenvalue weighted by molar-refractivity contribution is 8.00. The zero-order valence-corrected chi connectivity index (χ0v) is 20.4. The molecule has 8 nitrogen and oxygen atoms in total. The summed E-state index contributed by atoms with van der Waals surface area (Å²) in [5.41, 5.74) is 4.04. The van der Waals surface area contributed by atoms with Gasteiger partial charge >= 0.3 is 0 Å². The summed E-state index contributed by atoms with van der Waals surface area (Å²) < 4.78 is 11.4. The van der Waals surface area contributed by atoms with Crippen LogP contribution in [0.4, 0.5) is 10.8 Å². The summed E-state index contributed by atoms with van der Waals surface area (Å²) >= 11 is 2.95. The molecule has 174 valence electrons. The Bertz CT molecular complexity index is 1340. The number of rotatable bonds is 7. The number of fused-ring (bicyclic) bond motifs is 2. The lowest BCUT2D eigenvalue weighted by molar-refractivity contribution is -0.113. The van der Waals surface area contributed by atoms with Crippen molar-refractivity contribution in [1.82, 2.24) is 15.0 Å². The van der Waals surface area contributed by atoms with Gasteiger partial charge in [-0.05, 0) is 29.7 Å². The first kappa shape index (κ1) is 22.4. The lowest BCUT2D eigenvalue weighted by Gasteiger charge is -2.28. The summed E-state index contributed by atoms with van der Waals surface area (Å²) in [7, 11) is 3.13. The summed E-state index contributed by atoms with van der Waals surface area (Å²) in [6, 6.07) is 13.8. The third-order valence-corrected chi connectivity index (χ3v) is 7.79. The van der Waals surface area contributed by atoms with E-state index < -0.39 is 0 Å². The van der Waals surface area contributed by atoms with Crippen LogP contribution in [0.3, 0.4) is 0 Å². The minimum atomic E-state index is -0.138. The first-order chi connectivity index (χ1) is 16.6. The molecule has 0 fully saturated rings. The molecule has 0 aliphatic carbocycles. The van der Waals surface area contributed by atoms with Crippen molar-refractivity contribution in [3.8, 4) is 11.5 Å². The molecule has 0 unspecified atom stereocenters. The van der Waals surface area contributed by atoms with E-state index in [1.807, 2.05) is 0 Å². The second-order valence-corrected chi connectivity index (χ2v) is 9.62. The third kappa shape index (κ3) is 4.64. The van der Waals surface area contributed by atoms with Crippen molar-refractivity contribution in [2.24, 2.45) is 0 Å². The Labute approximate surface area is 205 Å². The standard InChI is InChI=1S/C24H23N5O3S2/c1-31-18-8-7-17(11-19(18)32-2)27-20(30)13-33-23-21-22(25-14-26-23)28-24(34-21)29-10-9-15-5-3-4-6-16(15)12-29/h3-8,11,14H,9-10,12-13H2,1-2H3,(H,27,30). The number of thioether (sulfide) groups is 1. The maximum absolute atomic E-state index is 12.6. The van der Waals surface area contributed by atoms with Gasteiger partial charge in [-0.2, -0.15) is 4.98 Å². The Balaban J connectivity index is 1.27. The molecule has 3 heterocycles. The molecule has 2 aromatic heterocycles. The van der Waals surface area contributed by atoms with Crippen molar-refractivity contribution in [3.63, 3.8) is 0 Å². The molecule has 0 saturated carbocycles. The van der Waals surface area contributed by atoms with E-state index >= 15 is 0 Å². The quantitative estimate of drug-likeness (QED) is 0.299. The molecule has 0 radical (unpaired) electrons. The molecular weight excluding hydrogens is 470 g/mol. The van der Waals surface area contributed by atoms with E-state index in [0.717, 1.165) is 34.4 Å². The Morgan fingerprint density at radius 2 is 1.94 bits per heavy atom. The predicted molar refractivity (Wildman–Crippen MR) is 135 cm³/mol. The van der Waals surface area contributed by atoms with Gasteiger partial charge in [0, 0.05) is 24.8 Å². The average molecular weight is 494 g/mol. The van der Waals surface area contributed by atoms with Crippen molar-refractivity contribution >= 4 is 50.2 Å². The molecular formula is C24H23N5O3S2. The van der Waals surface area contributed by atoms with Crippen LogP contribution in [0.15, 0.2) is 53.8 Å². The SMILES string of the molecule is COc1ccc(NC(=O)CSc2ncnc3nc(N4CCc5ccccc5C4)sc23)cc1OC. The number of hydrogen-bond acceptors (Lipinski definition) is 9. The summed E-state index contributed by atoms with van der Waals surface area (Å²) in [6.07, 6.45) is 2.50. The fourth-order valence-corrected chi connectivity index (χ4v) is 5.78. The van der Waals surface area contributed by atoms with Crippen LogP contribution >= 0.6 is 23.1 Å². The largest absolute Gasteiger partial charge is 0.493 e. The normalized spacial score (nSPS) is 12.9. The third-order valence-electron chi connectivity index (χ3n) is 5.56. The number of ether oxygens (including phenoxy) is 2. The number of thiazole rings is 1. The highest BCUT2D eigenvalue weighted by atomic mass is 32.2. The topological polar surface area (TPSA) is 89.5 Å². The van der Waals surface area contributed by atoms with Crippen LogP contribution in [-0.4, -0.2) is 47.4 Å². The van der Waals surface area contributed by atoms with Crippen LogP contribution in [-0.2, 0) is 17.8 Å². The van der Waals surface area contributed by atoms with Crippen molar-refractivity contribution in [2.75, 3.05) is 36.7 Å². The Hall–Kier alpha value is -3.37. The van der Waals surface area contributed by atoms with E-state index in [-0.39, 0.29) is 11.7 Å². The highest BCUT2D eigenvalue weighted by Gasteiger charge is 2.21. The molecule has 1 aliphatic heterocycles. The summed E-state index contributed by atoms with van der Waals surface area (Å²) in [4.78, 5) is 28.4. The number of carbonyl (C=O) groups excluding carboxylic acids is 1. The number of nitrogens with zero attached hydrogens (tertiary/aromatic N) is 4. The number of benzene rings is 2. The van der Waals surface area contributed by atoms with E-state index in [4.69, 9.17) is 14.5 Å². The molecule has 0 atom stereocenters. The number of hydrogen-bond donors (Lipinski definition) is 1. The molecule has 4 aromatic rings. The average Bonchev–Trinajstić information content (AvgIpc) is 3.32. The molecule has 10 heteroatoms. The van der Waals surface area contributed by atoms with Crippen molar-refractivity contribution in [3.05, 3.63) is 59.9 Å². The van der Waals surface area contributed by atoms with Gasteiger partial charge in [-0.15, -0.1) is 0 Å². The smallest absolute Gasteiger partial charge is 0.234 e. The number of amides is 1. The molecule has 0 bridgehead atoms. The van der Waals surface area contributed by atoms with Gasteiger partial charge in [-0.1, -0.05) is 47.4 Å². The fourth-order valence-electron chi connectivity index (χ4n) is 3.86. The summed E-state index contributed by atoms with van der Waals surface area (Å²) in [6.45, 7) is 1.75. The van der Waals surface area contributed by atoms with Crippen LogP contribution in [0.1, 0.15) is 11.1 Å². The van der Waals surface area contributed by atoms with E-state index in [1.54, 1.807) is 43.8 Å². The predicted octanol–water partition coefficient (Wildman–Crippen LogP) is 4.40. The van der Waals surface area contributed by atoms with Gasteiger partial charge in [0.2, 0.25) is 5.91 Å². The first-order valence-electron chi connectivity index (χ1n) is 10.7. The molecule has 0 saturated heterocycles. The fraction of sp³-hybridized carbons (Fsp3) is 0.250. The highest BCUT2D eigenvalue weighted by Crippen LogP contribution is 2.36. The molecule has 5 rings (SSSR count). The van der Waals surface area contributed by atoms with Crippen LogP contribution in [0.5, 0.6) is 11.5 Å². The van der Waals surface area contributed by atoms with Crippen LogP contribution in [0.2, 0.25) is 0 Å². The molecule has 1 amide bonds. The molecule has 1 N–H and O–H groups in total. The molecule has 1 aliphatic rings. The zero-order valence-electron chi connectivity index (χ0n) is 18.8. The minimum absolute atomic E-state index is 0.138. The monoisotopic (exact) mass is 493 g/mol. The Morgan fingerprint density at radius 1 is 1.12 bits per heavy atom. The zero-order chi connectivity index (χ0) is 23.5. The van der Waals surface area contributed by atoms with Crippen molar-refractivity contribution in [1.29, 1.82) is 0 Å². The lowest BCUT2D eigenvalue weighted by Crippen LogP contribution is -2.30. The van der Waals surface area contributed by atoms with Crippen molar-refractivity contribution in [2.45, 2.75) is 18.0 Å². The number of aromatic nitrogens is 3. The van der Waals surface area contributed by atoms with E-state index in [9.17, 15) is 4.79 Å². The second-order valence-electron chi connectivity index (χ2n) is 7.67. The van der Waals surface area contributed by atoms with Gasteiger partial charge in [-0.3, -0.25) is 4.79 Å². The summed E-state index contributed by atoms with van der Waals surface area (Å²) in [5.74, 6) is 1.24.